The fraction of sp³-hybridized carbons (Fsp3) is 0.538. The number of aliphatic hydroxyl groups is 1. The molecule has 1 heterocycles. The van der Waals surface area contributed by atoms with Gasteiger partial charge < -0.3 is 14.9 Å². The zero-order chi connectivity index (χ0) is 12.7. The van der Waals surface area contributed by atoms with Crippen LogP contribution >= 0.6 is 11.3 Å². The van der Waals surface area contributed by atoms with E-state index < -0.39 is 0 Å². The number of aliphatic hydroxyl groups excluding tert-OH is 1. The molecule has 0 unspecified atom stereocenters. The van der Waals surface area contributed by atoms with Crippen LogP contribution in [0.5, 0.6) is 0 Å². The molecule has 0 aliphatic rings. The third-order valence-corrected chi connectivity index (χ3v) is 3.24. The van der Waals surface area contributed by atoms with Gasteiger partial charge in [-0.25, -0.2) is 0 Å². The fourth-order valence-corrected chi connectivity index (χ4v) is 2.28. The van der Waals surface area contributed by atoms with Crippen molar-refractivity contribution in [2.24, 2.45) is 0 Å². The van der Waals surface area contributed by atoms with Gasteiger partial charge in [-0.3, -0.25) is 0 Å². The Morgan fingerprint density at radius 3 is 2.71 bits per heavy atom. The fourth-order valence-electron chi connectivity index (χ4n) is 1.39. The molecule has 1 N–H and O–H groups in total. The SMILES string of the molecule is CN(C)CCN(C)Cc1cc(C#CCO)cs1. The second kappa shape index (κ2) is 7.46. The Bertz CT molecular complexity index is 390. The van der Waals surface area contributed by atoms with Crippen molar-refractivity contribution in [3.05, 3.63) is 21.9 Å². The number of nitrogens with zero attached hydrogens (tertiary/aromatic N) is 2. The molecule has 17 heavy (non-hydrogen) atoms. The van der Waals surface area contributed by atoms with Crippen LogP contribution in [-0.4, -0.2) is 55.7 Å². The molecule has 94 valence electrons. The minimum absolute atomic E-state index is 0.0755. The van der Waals surface area contributed by atoms with Crippen LogP contribution in [0, 0.1) is 11.8 Å². The third-order valence-electron chi connectivity index (χ3n) is 2.32. The molecule has 0 saturated carbocycles. The Morgan fingerprint density at radius 1 is 1.29 bits per heavy atom. The molecular weight excluding hydrogens is 232 g/mol. The highest BCUT2D eigenvalue weighted by Gasteiger charge is 2.03. The average molecular weight is 252 g/mol. The van der Waals surface area contributed by atoms with E-state index in [2.05, 4.69) is 48.9 Å². The Hall–Kier alpha value is -0.860. The van der Waals surface area contributed by atoms with Gasteiger partial charge in [-0.1, -0.05) is 11.8 Å². The first-order valence-electron chi connectivity index (χ1n) is 5.62. The van der Waals surface area contributed by atoms with Crippen LogP contribution in [0.1, 0.15) is 10.4 Å². The van der Waals surface area contributed by atoms with E-state index in [-0.39, 0.29) is 6.61 Å². The Balaban J connectivity index is 2.43. The van der Waals surface area contributed by atoms with Gasteiger partial charge in [0.2, 0.25) is 0 Å². The monoisotopic (exact) mass is 252 g/mol. The van der Waals surface area contributed by atoms with Crippen molar-refractivity contribution in [2.45, 2.75) is 6.54 Å². The van der Waals surface area contributed by atoms with Crippen LogP contribution in [-0.2, 0) is 6.54 Å². The van der Waals surface area contributed by atoms with Gasteiger partial charge in [0, 0.05) is 35.5 Å². The summed E-state index contributed by atoms with van der Waals surface area (Å²) < 4.78 is 0. The quantitative estimate of drug-likeness (QED) is 0.795. The molecule has 0 aliphatic carbocycles. The molecule has 3 nitrogen and oxygen atoms in total. The number of rotatable bonds is 5. The molecule has 0 bridgehead atoms. The van der Waals surface area contributed by atoms with Crippen molar-refractivity contribution in [1.29, 1.82) is 0 Å². The predicted octanol–water partition coefficient (Wildman–Crippen LogP) is 1.09. The van der Waals surface area contributed by atoms with Crippen molar-refractivity contribution in [1.82, 2.24) is 9.80 Å². The van der Waals surface area contributed by atoms with E-state index in [1.807, 2.05) is 5.38 Å². The highest BCUT2D eigenvalue weighted by molar-refractivity contribution is 7.10. The van der Waals surface area contributed by atoms with E-state index in [1.54, 1.807) is 11.3 Å². The summed E-state index contributed by atoms with van der Waals surface area (Å²) in [4.78, 5) is 5.80. The zero-order valence-corrected chi connectivity index (χ0v) is 11.5. The van der Waals surface area contributed by atoms with Crippen LogP contribution in [0.3, 0.4) is 0 Å². The molecule has 0 amide bonds. The van der Waals surface area contributed by atoms with Gasteiger partial charge in [-0.15, -0.1) is 11.3 Å². The molecule has 0 atom stereocenters. The lowest BCUT2D eigenvalue weighted by atomic mass is 10.3. The molecular formula is C13H20N2OS. The van der Waals surface area contributed by atoms with Crippen molar-refractivity contribution in [3.63, 3.8) is 0 Å². The lowest BCUT2D eigenvalue weighted by Crippen LogP contribution is -2.28. The average Bonchev–Trinajstić information content (AvgIpc) is 2.71. The van der Waals surface area contributed by atoms with Crippen LogP contribution in [0.25, 0.3) is 0 Å². The van der Waals surface area contributed by atoms with Gasteiger partial charge in [-0.2, -0.15) is 0 Å². The van der Waals surface area contributed by atoms with Crippen LogP contribution in [0.4, 0.5) is 0 Å². The van der Waals surface area contributed by atoms with Gasteiger partial charge in [0.25, 0.3) is 0 Å². The Kier molecular flexibility index (Phi) is 6.23. The molecule has 4 heteroatoms. The van der Waals surface area contributed by atoms with E-state index in [0.717, 1.165) is 25.2 Å². The minimum atomic E-state index is -0.0755. The van der Waals surface area contributed by atoms with E-state index in [9.17, 15) is 0 Å². The van der Waals surface area contributed by atoms with Crippen LogP contribution in [0.15, 0.2) is 11.4 Å². The molecule has 0 spiro atoms. The van der Waals surface area contributed by atoms with E-state index in [4.69, 9.17) is 5.11 Å². The summed E-state index contributed by atoms with van der Waals surface area (Å²) in [5.74, 6) is 5.59. The zero-order valence-electron chi connectivity index (χ0n) is 10.7. The summed E-state index contributed by atoms with van der Waals surface area (Å²) in [6, 6.07) is 2.10. The third kappa shape index (κ3) is 5.85. The first-order chi connectivity index (χ1) is 8.11. The van der Waals surface area contributed by atoms with Crippen molar-refractivity contribution < 1.29 is 5.11 Å². The number of hydrogen-bond acceptors (Lipinski definition) is 4. The highest BCUT2D eigenvalue weighted by Crippen LogP contribution is 2.15. The lowest BCUT2D eigenvalue weighted by Gasteiger charge is -2.18. The maximum absolute atomic E-state index is 8.62. The topological polar surface area (TPSA) is 26.7 Å². The molecule has 0 radical (unpaired) electrons. The molecule has 1 aromatic heterocycles. The van der Waals surface area contributed by atoms with Gasteiger partial charge in [-0.05, 0) is 27.2 Å². The Morgan fingerprint density at radius 2 is 2.06 bits per heavy atom. The smallest absolute Gasteiger partial charge is 0.104 e. The second-order valence-corrected chi connectivity index (χ2v) is 5.30. The molecule has 0 fully saturated rings. The van der Waals surface area contributed by atoms with Crippen molar-refractivity contribution in [3.8, 4) is 11.8 Å². The van der Waals surface area contributed by atoms with Crippen LogP contribution < -0.4 is 0 Å². The number of thiophene rings is 1. The van der Waals surface area contributed by atoms with Gasteiger partial charge in [0.1, 0.15) is 6.61 Å². The lowest BCUT2D eigenvalue weighted by molar-refractivity contribution is 0.278. The first kappa shape index (κ1) is 14.2. The maximum atomic E-state index is 8.62. The summed E-state index contributed by atoms with van der Waals surface area (Å²) in [6.45, 7) is 3.01. The molecule has 0 saturated heterocycles. The van der Waals surface area contributed by atoms with E-state index >= 15 is 0 Å². The van der Waals surface area contributed by atoms with E-state index in [1.165, 1.54) is 4.88 Å². The normalized spacial score (nSPS) is 10.7. The second-order valence-electron chi connectivity index (χ2n) is 4.30. The van der Waals surface area contributed by atoms with E-state index in [0.29, 0.717) is 0 Å². The molecule has 1 aromatic rings. The molecule has 0 aliphatic heterocycles. The number of likely N-dealkylation sites (N-methyl/N-ethyl adjacent to an activating group) is 2. The van der Waals surface area contributed by atoms with Gasteiger partial charge >= 0.3 is 0 Å². The van der Waals surface area contributed by atoms with Gasteiger partial charge in [0.05, 0.1) is 0 Å². The summed E-state index contributed by atoms with van der Waals surface area (Å²) in [5.41, 5.74) is 1.00. The standard InChI is InChI=1S/C13H20N2OS/c1-14(2)6-7-15(3)10-13-9-12(11-17-13)5-4-8-16/h9,11,16H,6-8,10H2,1-3H3. The Labute approximate surface area is 108 Å². The maximum Gasteiger partial charge on any atom is 0.104 e. The summed E-state index contributed by atoms with van der Waals surface area (Å²) in [6.07, 6.45) is 0. The summed E-state index contributed by atoms with van der Waals surface area (Å²) in [7, 11) is 6.30. The predicted molar refractivity (Wildman–Crippen MR) is 73.2 cm³/mol. The summed E-state index contributed by atoms with van der Waals surface area (Å²) >= 11 is 1.72. The molecule has 0 aromatic carbocycles. The highest BCUT2D eigenvalue weighted by atomic mass is 32.1. The van der Waals surface area contributed by atoms with Gasteiger partial charge in [0.15, 0.2) is 0 Å². The van der Waals surface area contributed by atoms with Crippen LogP contribution in [0.2, 0.25) is 0 Å². The minimum Gasteiger partial charge on any atom is -0.384 e. The first-order valence-corrected chi connectivity index (χ1v) is 6.50. The molecule has 1 rings (SSSR count). The largest absolute Gasteiger partial charge is 0.384 e. The van der Waals surface area contributed by atoms with Crippen molar-refractivity contribution >= 4 is 11.3 Å². The number of hydrogen-bond donors (Lipinski definition) is 1. The summed E-state index contributed by atoms with van der Waals surface area (Å²) in [5, 5.41) is 10.7. The van der Waals surface area contributed by atoms with Crippen molar-refractivity contribution in [2.75, 3.05) is 40.8 Å².